The maximum absolute atomic E-state index is 12.1. The number of hydrogen-bond donors (Lipinski definition) is 2. The number of halogens is 3. The van der Waals surface area contributed by atoms with Crippen LogP contribution in [0.1, 0.15) is 10.4 Å². The van der Waals surface area contributed by atoms with Crippen LogP contribution in [-0.4, -0.2) is 23.6 Å². The number of nitrogens with zero attached hydrogens (tertiary/aromatic N) is 1. The maximum atomic E-state index is 12.1. The van der Waals surface area contributed by atoms with Crippen LogP contribution >= 0.6 is 0 Å². The minimum Gasteiger partial charge on any atom is -0.383 e. The number of nitrogens with two attached hydrogens (primary N) is 1. The first-order chi connectivity index (χ1) is 8.88. The number of aromatic nitrogens is 1. The van der Waals surface area contributed by atoms with Crippen LogP contribution in [0.15, 0.2) is 30.5 Å². The molecular formula is C12H10F3N3O. The van der Waals surface area contributed by atoms with Gasteiger partial charge >= 0.3 is 6.18 Å². The van der Waals surface area contributed by atoms with Gasteiger partial charge in [-0.3, -0.25) is 4.79 Å². The highest BCUT2D eigenvalue weighted by Crippen LogP contribution is 2.22. The summed E-state index contributed by atoms with van der Waals surface area (Å²) < 4.78 is 36.2. The average molecular weight is 269 g/mol. The second-order valence-electron chi connectivity index (χ2n) is 3.90. The van der Waals surface area contributed by atoms with Crippen LogP contribution < -0.4 is 11.1 Å². The summed E-state index contributed by atoms with van der Waals surface area (Å²) in [4.78, 5) is 15.5. The highest BCUT2D eigenvalue weighted by atomic mass is 19.4. The number of fused-ring (bicyclic) bond motifs is 1. The molecule has 1 heterocycles. The Morgan fingerprint density at radius 2 is 1.89 bits per heavy atom. The number of amides is 1. The zero-order chi connectivity index (χ0) is 14.0. The van der Waals surface area contributed by atoms with Gasteiger partial charge in [-0.1, -0.05) is 24.3 Å². The molecule has 7 heteroatoms. The number of alkyl halides is 3. The Hall–Kier alpha value is -2.31. The summed E-state index contributed by atoms with van der Waals surface area (Å²) >= 11 is 0. The molecule has 0 aliphatic rings. The van der Waals surface area contributed by atoms with Crippen LogP contribution in [0.3, 0.4) is 0 Å². The van der Waals surface area contributed by atoms with Crippen LogP contribution in [0.5, 0.6) is 0 Å². The van der Waals surface area contributed by atoms with E-state index in [2.05, 4.69) is 4.98 Å². The molecule has 1 aromatic heterocycles. The smallest absolute Gasteiger partial charge is 0.383 e. The molecule has 0 unspecified atom stereocenters. The van der Waals surface area contributed by atoms with E-state index < -0.39 is 18.6 Å². The predicted molar refractivity (Wildman–Crippen MR) is 64.5 cm³/mol. The van der Waals surface area contributed by atoms with Gasteiger partial charge in [-0.05, 0) is 5.39 Å². The van der Waals surface area contributed by atoms with Gasteiger partial charge < -0.3 is 11.1 Å². The predicted octanol–water partition coefficient (Wildman–Crippen LogP) is 2.11. The first-order valence-electron chi connectivity index (χ1n) is 5.36. The van der Waals surface area contributed by atoms with Gasteiger partial charge in [0, 0.05) is 11.6 Å². The third kappa shape index (κ3) is 2.93. The first-order valence-corrected chi connectivity index (χ1v) is 5.36. The third-order valence-corrected chi connectivity index (χ3v) is 2.52. The largest absolute Gasteiger partial charge is 0.405 e. The molecule has 1 aromatic carbocycles. The van der Waals surface area contributed by atoms with Gasteiger partial charge in [0.05, 0.1) is 5.56 Å². The maximum Gasteiger partial charge on any atom is 0.405 e. The van der Waals surface area contributed by atoms with Crippen molar-refractivity contribution in [2.75, 3.05) is 12.3 Å². The van der Waals surface area contributed by atoms with Crippen molar-refractivity contribution in [3.8, 4) is 0 Å². The molecular weight excluding hydrogens is 259 g/mol. The SMILES string of the molecule is Nc1ncc(C(=O)NCC(F)(F)F)c2ccccc12. The number of nitrogens with one attached hydrogen (secondary N) is 1. The summed E-state index contributed by atoms with van der Waals surface area (Å²) in [5.74, 6) is -0.607. The molecule has 0 atom stereocenters. The fourth-order valence-corrected chi connectivity index (χ4v) is 1.67. The Bertz CT molecular complexity index is 625. The van der Waals surface area contributed by atoms with E-state index in [0.717, 1.165) is 0 Å². The summed E-state index contributed by atoms with van der Waals surface area (Å²) in [6.45, 7) is -1.38. The summed E-state index contributed by atoms with van der Waals surface area (Å²) in [6, 6.07) is 6.63. The van der Waals surface area contributed by atoms with E-state index in [1.165, 1.54) is 6.20 Å². The Balaban J connectivity index is 2.35. The van der Waals surface area contributed by atoms with E-state index in [9.17, 15) is 18.0 Å². The second kappa shape index (κ2) is 4.75. The lowest BCUT2D eigenvalue weighted by atomic mass is 10.1. The van der Waals surface area contributed by atoms with Crippen LogP contribution in [-0.2, 0) is 0 Å². The molecule has 0 saturated heterocycles. The average Bonchev–Trinajstić information content (AvgIpc) is 2.36. The van der Waals surface area contributed by atoms with Gasteiger partial charge in [0.1, 0.15) is 12.4 Å². The van der Waals surface area contributed by atoms with Crippen molar-refractivity contribution in [1.82, 2.24) is 10.3 Å². The molecule has 0 spiro atoms. The zero-order valence-corrected chi connectivity index (χ0v) is 9.66. The molecule has 19 heavy (non-hydrogen) atoms. The number of benzene rings is 1. The first kappa shape index (κ1) is 13.1. The van der Waals surface area contributed by atoms with E-state index in [1.807, 2.05) is 0 Å². The van der Waals surface area contributed by atoms with Crippen molar-refractivity contribution in [3.05, 3.63) is 36.0 Å². The van der Waals surface area contributed by atoms with E-state index in [1.54, 1.807) is 29.6 Å². The van der Waals surface area contributed by atoms with E-state index >= 15 is 0 Å². The molecule has 0 bridgehead atoms. The fraction of sp³-hybridized carbons (Fsp3) is 0.167. The summed E-state index contributed by atoms with van der Waals surface area (Å²) in [5, 5.41) is 2.80. The van der Waals surface area contributed by atoms with E-state index in [0.29, 0.717) is 10.8 Å². The number of nitrogen functional groups attached to an aromatic ring is 1. The number of hydrogen-bond acceptors (Lipinski definition) is 3. The molecule has 4 nitrogen and oxygen atoms in total. The van der Waals surface area contributed by atoms with Crippen LogP contribution in [0, 0.1) is 0 Å². The second-order valence-corrected chi connectivity index (χ2v) is 3.90. The summed E-state index contributed by atoms with van der Waals surface area (Å²) in [7, 11) is 0. The molecule has 2 aromatic rings. The van der Waals surface area contributed by atoms with Gasteiger partial charge in [0.15, 0.2) is 0 Å². The quantitative estimate of drug-likeness (QED) is 0.877. The third-order valence-electron chi connectivity index (χ3n) is 2.52. The number of pyridine rings is 1. The van der Waals surface area contributed by atoms with Gasteiger partial charge in [0.2, 0.25) is 0 Å². The number of carbonyl (C=O) groups excluding carboxylic acids is 1. The molecule has 100 valence electrons. The molecule has 1 amide bonds. The van der Waals surface area contributed by atoms with Crippen molar-refractivity contribution < 1.29 is 18.0 Å². The van der Waals surface area contributed by atoms with Crippen molar-refractivity contribution in [1.29, 1.82) is 0 Å². The molecule has 3 N–H and O–H groups in total. The Kier molecular flexibility index (Phi) is 3.28. The lowest BCUT2D eigenvalue weighted by Gasteiger charge is -2.10. The van der Waals surface area contributed by atoms with Crippen molar-refractivity contribution in [2.24, 2.45) is 0 Å². The highest BCUT2D eigenvalue weighted by molar-refractivity contribution is 6.08. The molecule has 0 saturated carbocycles. The zero-order valence-electron chi connectivity index (χ0n) is 9.66. The van der Waals surface area contributed by atoms with E-state index in [-0.39, 0.29) is 11.4 Å². The van der Waals surface area contributed by atoms with Crippen LogP contribution in [0.25, 0.3) is 10.8 Å². The summed E-state index contributed by atoms with van der Waals surface area (Å²) in [5.41, 5.74) is 5.71. The topological polar surface area (TPSA) is 68.0 Å². The molecule has 0 aliphatic carbocycles. The minimum absolute atomic E-state index is 0.0639. The van der Waals surface area contributed by atoms with Crippen molar-refractivity contribution >= 4 is 22.5 Å². The highest BCUT2D eigenvalue weighted by Gasteiger charge is 2.28. The number of anilines is 1. The fourth-order valence-electron chi connectivity index (χ4n) is 1.67. The van der Waals surface area contributed by atoms with Gasteiger partial charge in [-0.15, -0.1) is 0 Å². The molecule has 0 aliphatic heterocycles. The standard InChI is InChI=1S/C12H10F3N3O/c13-12(14,15)6-18-11(19)9-5-17-10(16)8-4-2-1-3-7(8)9/h1-5H,6H2,(H2,16,17)(H,18,19). The summed E-state index contributed by atoms with van der Waals surface area (Å²) in [6.07, 6.45) is -3.28. The van der Waals surface area contributed by atoms with Crippen molar-refractivity contribution in [3.63, 3.8) is 0 Å². The van der Waals surface area contributed by atoms with E-state index in [4.69, 9.17) is 5.73 Å². The van der Waals surface area contributed by atoms with Gasteiger partial charge in [-0.2, -0.15) is 13.2 Å². The molecule has 0 radical (unpaired) electrons. The lowest BCUT2D eigenvalue weighted by Crippen LogP contribution is -2.33. The van der Waals surface area contributed by atoms with Crippen LogP contribution in [0.4, 0.5) is 19.0 Å². The normalized spacial score (nSPS) is 11.5. The minimum atomic E-state index is -4.45. The number of rotatable bonds is 2. The molecule has 2 rings (SSSR count). The monoisotopic (exact) mass is 269 g/mol. The van der Waals surface area contributed by atoms with Crippen molar-refractivity contribution in [2.45, 2.75) is 6.18 Å². The lowest BCUT2D eigenvalue weighted by molar-refractivity contribution is -0.123. The Morgan fingerprint density at radius 3 is 2.53 bits per heavy atom. The van der Waals surface area contributed by atoms with Crippen LogP contribution in [0.2, 0.25) is 0 Å². The van der Waals surface area contributed by atoms with Gasteiger partial charge in [-0.25, -0.2) is 4.98 Å². The van der Waals surface area contributed by atoms with Gasteiger partial charge in [0.25, 0.3) is 5.91 Å². The molecule has 0 fully saturated rings. The number of carbonyl (C=O) groups is 1. The Morgan fingerprint density at radius 1 is 1.26 bits per heavy atom. The Labute approximate surface area is 106 Å².